The molecule has 0 fully saturated rings. The molecule has 224 valence electrons. The molecule has 0 N–H and O–H groups in total. The van der Waals surface area contributed by atoms with Crippen molar-refractivity contribution in [2.75, 3.05) is 0 Å². The highest BCUT2D eigenvalue weighted by Gasteiger charge is 2.45. The van der Waals surface area contributed by atoms with Crippen LogP contribution in [0.2, 0.25) is 11.1 Å². The quantitative estimate of drug-likeness (QED) is 0.145. The molecule has 4 aromatic carbocycles. The van der Waals surface area contributed by atoms with Crippen LogP contribution in [0.25, 0.3) is 0 Å². The van der Waals surface area contributed by atoms with Gasteiger partial charge in [0.2, 0.25) is 0 Å². The van der Waals surface area contributed by atoms with E-state index in [-0.39, 0.29) is 22.2 Å². The topological polar surface area (TPSA) is 132 Å². The third kappa shape index (κ3) is 7.95. The van der Waals surface area contributed by atoms with Gasteiger partial charge < -0.3 is 18.3 Å². The number of hydrogen-bond acceptors (Lipinski definition) is 8. The summed E-state index contributed by atoms with van der Waals surface area (Å²) < 4.78 is 25.1. The molecule has 4 aromatic rings. The lowest BCUT2D eigenvalue weighted by atomic mass is 10.1. The van der Waals surface area contributed by atoms with Gasteiger partial charge in [-0.3, -0.25) is 0 Å². The highest BCUT2D eigenvalue weighted by atomic mass is 28.4. The highest BCUT2D eigenvalue weighted by Crippen LogP contribution is 2.36. The number of benzene rings is 4. The van der Waals surface area contributed by atoms with Gasteiger partial charge in [0.1, 0.15) is 47.3 Å². The Morgan fingerprint density at radius 3 is 1.13 bits per heavy atom. The van der Waals surface area contributed by atoms with Crippen LogP contribution in [0.15, 0.2) is 84.9 Å². The molecule has 45 heavy (non-hydrogen) atoms. The van der Waals surface area contributed by atoms with Gasteiger partial charge >= 0.3 is 8.56 Å². The number of hydrogen-bond donors (Lipinski definition) is 0. The number of nitrogens with zero attached hydrogens (tertiary/aromatic N) is 4. The molecule has 0 heterocycles. The van der Waals surface area contributed by atoms with Crippen molar-refractivity contribution in [3.8, 4) is 47.3 Å². The largest absolute Gasteiger partial charge is 0.457 e. The summed E-state index contributed by atoms with van der Waals surface area (Å²) in [7, 11) is -2.68. The molecule has 0 saturated carbocycles. The van der Waals surface area contributed by atoms with Gasteiger partial charge in [0.05, 0.1) is 35.5 Å². The minimum atomic E-state index is -2.68. The molecule has 4 rings (SSSR count). The Morgan fingerprint density at radius 2 is 0.822 bits per heavy atom. The Balaban J connectivity index is 1.39. The number of nitriles is 4. The van der Waals surface area contributed by atoms with E-state index in [0.29, 0.717) is 47.3 Å². The third-order valence-corrected chi connectivity index (χ3v) is 11.7. The van der Waals surface area contributed by atoms with E-state index in [0.717, 1.165) is 11.1 Å². The summed E-state index contributed by atoms with van der Waals surface area (Å²) in [5.41, 5.74) is 3.50. The maximum absolute atomic E-state index is 9.27. The average Bonchev–Trinajstić information content (AvgIpc) is 3.05. The van der Waals surface area contributed by atoms with Crippen LogP contribution in [-0.2, 0) is 22.1 Å². The second-order valence-electron chi connectivity index (χ2n) is 11.0. The van der Waals surface area contributed by atoms with Crippen LogP contribution >= 0.6 is 0 Å². The zero-order valence-corrected chi connectivity index (χ0v) is 26.6. The molecule has 0 radical (unpaired) electrons. The van der Waals surface area contributed by atoms with Gasteiger partial charge in [-0.25, -0.2) is 0 Å². The second-order valence-corrected chi connectivity index (χ2v) is 15.3. The van der Waals surface area contributed by atoms with E-state index in [1.54, 1.807) is 36.4 Å². The molecule has 0 amide bonds. The monoisotopic (exact) mass is 612 g/mol. The predicted molar refractivity (Wildman–Crippen MR) is 170 cm³/mol. The molecule has 8 nitrogen and oxygen atoms in total. The fourth-order valence-electron chi connectivity index (χ4n) is 4.90. The van der Waals surface area contributed by atoms with Crippen LogP contribution in [0, 0.1) is 45.3 Å². The molecule has 0 bridgehead atoms. The minimum absolute atomic E-state index is 0.194. The van der Waals surface area contributed by atoms with E-state index >= 15 is 0 Å². The van der Waals surface area contributed by atoms with Crippen molar-refractivity contribution < 1.29 is 18.3 Å². The molecular formula is C36H32N4O4Si. The van der Waals surface area contributed by atoms with Crippen LogP contribution in [-0.4, -0.2) is 8.56 Å². The van der Waals surface area contributed by atoms with E-state index in [4.69, 9.17) is 28.8 Å². The number of ether oxygens (including phenoxy) is 2. The van der Waals surface area contributed by atoms with Crippen LogP contribution in [0.3, 0.4) is 0 Å². The molecular weight excluding hydrogens is 581 g/mol. The number of rotatable bonds is 12. The summed E-state index contributed by atoms with van der Waals surface area (Å²) in [6.45, 7) is 9.34. The van der Waals surface area contributed by atoms with Gasteiger partial charge in [0, 0.05) is 0 Å². The van der Waals surface area contributed by atoms with Crippen molar-refractivity contribution in [2.24, 2.45) is 0 Å². The van der Waals surface area contributed by atoms with Crippen LogP contribution in [0.1, 0.15) is 61.1 Å². The zero-order chi connectivity index (χ0) is 32.4. The Bertz CT molecular complexity index is 1670. The smallest absolute Gasteiger partial charge is 0.344 e. The Labute approximate surface area is 265 Å². The summed E-state index contributed by atoms with van der Waals surface area (Å²) >= 11 is 0. The first kappa shape index (κ1) is 32.5. The summed E-state index contributed by atoms with van der Waals surface area (Å²) in [5.74, 6) is 2.18. The van der Waals surface area contributed by atoms with Gasteiger partial charge in [-0.2, -0.15) is 21.0 Å². The van der Waals surface area contributed by atoms with E-state index in [9.17, 15) is 10.5 Å². The fraction of sp³-hybridized carbons (Fsp3) is 0.222. The van der Waals surface area contributed by atoms with Crippen molar-refractivity contribution in [1.29, 1.82) is 21.0 Å². The predicted octanol–water partition coefficient (Wildman–Crippen LogP) is 8.75. The first-order valence-electron chi connectivity index (χ1n) is 14.4. The maximum atomic E-state index is 9.27. The molecule has 0 atom stereocenters. The van der Waals surface area contributed by atoms with Crippen molar-refractivity contribution in [3.05, 3.63) is 118 Å². The standard InChI is InChI=1S/C36H32N4O4Si/c1-25(2)45(26(3)4,41-23-27-5-11-33(12-6-27)43-35-15-9-29(19-37)31(17-35)21-39)42-24-28-7-13-34(14-8-28)44-36-16-10-30(20-38)32(18-36)22-40/h5-18,25-26H,23-24H2,1-4H3. The van der Waals surface area contributed by atoms with Crippen LogP contribution < -0.4 is 9.47 Å². The Hall–Kier alpha value is -5.42. The first-order valence-corrected chi connectivity index (χ1v) is 16.4. The van der Waals surface area contributed by atoms with Gasteiger partial charge in [0.15, 0.2) is 0 Å². The van der Waals surface area contributed by atoms with Crippen molar-refractivity contribution >= 4 is 8.56 Å². The van der Waals surface area contributed by atoms with E-state index < -0.39 is 8.56 Å². The summed E-state index contributed by atoms with van der Waals surface area (Å²) in [6.07, 6.45) is 0. The van der Waals surface area contributed by atoms with Crippen molar-refractivity contribution in [2.45, 2.75) is 52.0 Å². The summed E-state index contributed by atoms with van der Waals surface area (Å²) in [6, 6.07) is 32.8. The van der Waals surface area contributed by atoms with Gasteiger partial charge in [-0.05, 0) is 82.9 Å². The lowest BCUT2D eigenvalue weighted by Gasteiger charge is -2.37. The highest BCUT2D eigenvalue weighted by molar-refractivity contribution is 6.70. The average molecular weight is 613 g/mol. The third-order valence-electron chi connectivity index (χ3n) is 7.32. The maximum Gasteiger partial charge on any atom is 0.344 e. The normalized spacial score (nSPS) is 10.9. The van der Waals surface area contributed by atoms with Crippen molar-refractivity contribution in [1.82, 2.24) is 0 Å². The molecule has 0 spiro atoms. The van der Waals surface area contributed by atoms with Gasteiger partial charge in [-0.15, -0.1) is 0 Å². The zero-order valence-electron chi connectivity index (χ0n) is 25.6. The van der Waals surface area contributed by atoms with E-state index in [1.165, 1.54) is 0 Å². The molecule has 0 aliphatic rings. The Morgan fingerprint density at radius 1 is 0.489 bits per heavy atom. The fourth-order valence-corrected chi connectivity index (χ4v) is 8.44. The Kier molecular flexibility index (Phi) is 10.7. The molecule has 0 aromatic heterocycles. The molecule has 0 unspecified atom stereocenters. The molecule has 0 aliphatic heterocycles. The second kappa shape index (κ2) is 14.8. The summed E-state index contributed by atoms with van der Waals surface area (Å²) in [4.78, 5) is 0. The molecule has 0 saturated heterocycles. The van der Waals surface area contributed by atoms with E-state index in [1.807, 2.05) is 72.8 Å². The van der Waals surface area contributed by atoms with Gasteiger partial charge in [0.25, 0.3) is 0 Å². The van der Waals surface area contributed by atoms with Crippen LogP contribution in [0.4, 0.5) is 0 Å². The molecule has 9 heteroatoms. The lowest BCUT2D eigenvalue weighted by Crippen LogP contribution is -2.47. The minimum Gasteiger partial charge on any atom is -0.457 e. The van der Waals surface area contributed by atoms with Crippen molar-refractivity contribution in [3.63, 3.8) is 0 Å². The van der Waals surface area contributed by atoms with Crippen LogP contribution in [0.5, 0.6) is 23.0 Å². The summed E-state index contributed by atoms with van der Waals surface area (Å²) in [5, 5.41) is 36.8. The van der Waals surface area contributed by atoms with Gasteiger partial charge in [-0.1, -0.05) is 52.0 Å². The molecule has 0 aliphatic carbocycles. The van der Waals surface area contributed by atoms with E-state index in [2.05, 4.69) is 27.7 Å². The SMILES string of the molecule is CC(C)[Si](OCc1ccc(Oc2ccc(C#N)c(C#N)c2)cc1)(OCc1ccc(Oc2ccc(C#N)c(C#N)c2)cc1)C(C)C. The first-order chi connectivity index (χ1) is 21.7. The lowest BCUT2D eigenvalue weighted by molar-refractivity contribution is 0.138.